The highest BCUT2D eigenvalue weighted by atomic mass is 16.5. The molecule has 1 fully saturated rings. The van der Waals surface area contributed by atoms with Gasteiger partial charge in [0.2, 0.25) is 5.78 Å². The van der Waals surface area contributed by atoms with Gasteiger partial charge in [0.15, 0.2) is 11.4 Å². The number of nitrogens with one attached hydrogen (secondary N) is 1. The number of phenolic OH excluding ortho intramolecular Hbond substituents is 1. The monoisotopic (exact) mass is 516 g/mol. The zero-order valence-electron chi connectivity index (χ0n) is 20.3. The summed E-state index contributed by atoms with van der Waals surface area (Å²) >= 11 is 0. The average Bonchev–Trinajstić information content (AvgIpc) is 2.82. The van der Waals surface area contributed by atoms with Crippen molar-refractivity contribution >= 4 is 34.9 Å². The standard InChI is InChI=1S/C25H28N2O10/c1-4-37-24(35)9(3)27-12-6-5-10-8(2)14-17(20(31)15(10)19(12)30)22(33)25(36)11(18(14)29)7-13(28)16(21(25)32)23(26)34/h5-6,8-9,11,14,18,27,29-32,36H,4,7H2,1-3H3,(H2,26,34)/t8-,9?,11+,14+,18+,25+/m0/s1. The number of esters is 1. The summed E-state index contributed by atoms with van der Waals surface area (Å²) in [7, 11) is 0. The number of hydrogen-bond acceptors (Lipinski definition) is 11. The summed E-state index contributed by atoms with van der Waals surface area (Å²) in [6.45, 7) is 4.91. The molecule has 0 saturated heterocycles. The fourth-order valence-corrected chi connectivity index (χ4v) is 5.67. The molecule has 0 radical (unpaired) electrons. The number of ketones is 2. The maximum atomic E-state index is 13.7. The van der Waals surface area contributed by atoms with Crippen LogP contribution in [0.25, 0.3) is 5.76 Å². The lowest BCUT2D eigenvalue weighted by Gasteiger charge is -2.50. The van der Waals surface area contributed by atoms with Crippen molar-refractivity contribution in [2.75, 3.05) is 11.9 Å². The van der Waals surface area contributed by atoms with E-state index in [-0.39, 0.29) is 17.9 Å². The minimum absolute atomic E-state index is 0.0412. The molecule has 37 heavy (non-hydrogen) atoms. The zero-order chi connectivity index (χ0) is 27.6. The molecule has 1 saturated carbocycles. The maximum absolute atomic E-state index is 13.7. The number of aliphatic hydroxyl groups is 4. The highest BCUT2D eigenvalue weighted by molar-refractivity contribution is 6.23. The van der Waals surface area contributed by atoms with Gasteiger partial charge in [-0.2, -0.15) is 0 Å². The number of aliphatic hydroxyl groups excluding tert-OH is 3. The molecule has 0 bridgehead atoms. The van der Waals surface area contributed by atoms with Crippen LogP contribution in [-0.2, 0) is 23.9 Å². The van der Waals surface area contributed by atoms with Crippen molar-refractivity contribution in [2.24, 2.45) is 17.6 Å². The van der Waals surface area contributed by atoms with Crippen LogP contribution >= 0.6 is 0 Å². The first kappa shape index (κ1) is 26.2. The zero-order valence-corrected chi connectivity index (χ0v) is 20.3. The fraction of sp³-hybridized carbons (Fsp3) is 0.440. The number of aromatic hydroxyl groups is 1. The molecule has 8 N–H and O–H groups in total. The summed E-state index contributed by atoms with van der Waals surface area (Å²) in [6, 6.07) is 2.13. The Morgan fingerprint density at radius 2 is 1.89 bits per heavy atom. The molecular weight excluding hydrogens is 488 g/mol. The predicted molar refractivity (Wildman–Crippen MR) is 127 cm³/mol. The van der Waals surface area contributed by atoms with Crippen LogP contribution in [0.3, 0.4) is 0 Å². The van der Waals surface area contributed by atoms with Crippen molar-refractivity contribution in [3.8, 4) is 5.75 Å². The van der Waals surface area contributed by atoms with E-state index in [1.165, 1.54) is 13.0 Å². The van der Waals surface area contributed by atoms with Crippen molar-refractivity contribution in [2.45, 2.75) is 50.9 Å². The van der Waals surface area contributed by atoms with Crippen LogP contribution in [0.1, 0.15) is 44.2 Å². The Kier molecular flexibility index (Phi) is 6.29. The number of amides is 1. The van der Waals surface area contributed by atoms with Crippen LogP contribution in [-0.4, -0.2) is 73.3 Å². The minimum Gasteiger partial charge on any atom is -0.508 e. The van der Waals surface area contributed by atoms with Crippen LogP contribution in [0.2, 0.25) is 0 Å². The summed E-state index contributed by atoms with van der Waals surface area (Å²) in [4.78, 5) is 49.9. The number of phenols is 1. The summed E-state index contributed by atoms with van der Waals surface area (Å²) < 4.78 is 4.94. The number of rotatable bonds is 5. The lowest BCUT2D eigenvalue weighted by molar-refractivity contribution is -0.160. The molecule has 0 aromatic heterocycles. The number of benzene rings is 1. The van der Waals surface area contributed by atoms with Crippen molar-refractivity contribution in [1.82, 2.24) is 0 Å². The number of Topliss-reactive ketones (excluding diaryl/α,β-unsaturated/α-hetero) is 2. The summed E-state index contributed by atoms with van der Waals surface area (Å²) in [5.74, 6) is -9.99. The molecule has 198 valence electrons. The predicted octanol–water partition coefficient (Wildman–Crippen LogP) is 0.319. The van der Waals surface area contributed by atoms with Gasteiger partial charge in [0.1, 0.15) is 28.9 Å². The Morgan fingerprint density at radius 3 is 2.49 bits per heavy atom. The third kappa shape index (κ3) is 3.58. The van der Waals surface area contributed by atoms with E-state index < -0.39 is 93.8 Å². The second-order valence-corrected chi connectivity index (χ2v) is 9.53. The fourth-order valence-electron chi connectivity index (χ4n) is 5.67. The van der Waals surface area contributed by atoms with Gasteiger partial charge in [-0.3, -0.25) is 14.4 Å². The third-order valence-corrected chi connectivity index (χ3v) is 7.51. The molecule has 1 aromatic rings. The van der Waals surface area contributed by atoms with E-state index in [9.17, 15) is 44.7 Å². The average molecular weight is 517 g/mol. The van der Waals surface area contributed by atoms with Crippen LogP contribution in [0, 0.1) is 11.8 Å². The number of carbonyl (C=O) groups is 4. The van der Waals surface area contributed by atoms with Crippen LogP contribution in [0.5, 0.6) is 5.75 Å². The highest BCUT2D eigenvalue weighted by Gasteiger charge is 2.64. The number of primary amides is 1. The molecule has 1 unspecified atom stereocenters. The molecule has 4 rings (SSSR count). The van der Waals surface area contributed by atoms with E-state index in [2.05, 4.69) is 5.32 Å². The Hall–Kier alpha value is -3.90. The maximum Gasteiger partial charge on any atom is 0.328 e. The minimum atomic E-state index is -2.90. The SMILES string of the molecule is CCOC(=O)C(C)Nc1ccc2c(c1O)C(O)=C1C(=O)[C@]3(O)C(O)=C(C(N)=O)C(=O)C[C@@H]3[C@@H](O)[C@@H]1[C@H]2C. The lowest BCUT2D eigenvalue weighted by Crippen LogP contribution is -2.63. The first-order valence-electron chi connectivity index (χ1n) is 11.7. The second kappa shape index (κ2) is 8.89. The number of ether oxygens (including phenoxy) is 1. The highest BCUT2D eigenvalue weighted by Crippen LogP contribution is 2.56. The number of hydrogen-bond donors (Lipinski definition) is 7. The Labute approximate surface area is 211 Å². The van der Waals surface area contributed by atoms with Crippen molar-refractivity contribution in [1.29, 1.82) is 0 Å². The molecule has 0 heterocycles. The first-order chi connectivity index (χ1) is 17.3. The molecule has 1 aromatic carbocycles. The van der Waals surface area contributed by atoms with Gasteiger partial charge in [-0.05, 0) is 31.4 Å². The quantitative estimate of drug-likeness (QED) is 0.161. The second-order valence-electron chi connectivity index (χ2n) is 9.53. The molecule has 12 heteroatoms. The summed E-state index contributed by atoms with van der Waals surface area (Å²) in [5, 5.41) is 58.2. The molecule has 0 spiro atoms. The van der Waals surface area contributed by atoms with E-state index in [1.807, 2.05) is 0 Å². The van der Waals surface area contributed by atoms with Gasteiger partial charge >= 0.3 is 5.97 Å². The van der Waals surface area contributed by atoms with Gasteiger partial charge in [0.05, 0.1) is 24.0 Å². The van der Waals surface area contributed by atoms with Gasteiger partial charge in [-0.1, -0.05) is 13.0 Å². The van der Waals surface area contributed by atoms with E-state index >= 15 is 0 Å². The van der Waals surface area contributed by atoms with Gasteiger partial charge in [-0.25, -0.2) is 4.79 Å². The molecular formula is C25H28N2O10. The van der Waals surface area contributed by atoms with E-state index in [1.54, 1.807) is 19.9 Å². The smallest absolute Gasteiger partial charge is 0.328 e. The van der Waals surface area contributed by atoms with Crippen LogP contribution in [0.15, 0.2) is 29.0 Å². The van der Waals surface area contributed by atoms with Crippen LogP contribution < -0.4 is 11.1 Å². The van der Waals surface area contributed by atoms with E-state index in [0.29, 0.717) is 5.56 Å². The first-order valence-corrected chi connectivity index (χ1v) is 11.7. The van der Waals surface area contributed by atoms with Crippen LogP contribution in [0.4, 0.5) is 5.69 Å². The molecule has 3 aliphatic carbocycles. The molecule has 12 nitrogen and oxygen atoms in total. The number of anilines is 1. The van der Waals surface area contributed by atoms with Crippen molar-refractivity contribution in [3.63, 3.8) is 0 Å². The largest absolute Gasteiger partial charge is 0.508 e. The summed E-state index contributed by atoms with van der Waals surface area (Å²) in [5.41, 5.74) is 1.05. The summed E-state index contributed by atoms with van der Waals surface area (Å²) in [6.07, 6.45) is -2.25. The third-order valence-electron chi connectivity index (χ3n) is 7.51. The molecule has 0 aliphatic heterocycles. The lowest BCUT2D eigenvalue weighted by atomic mass is 9.55. The number of carbonyl (C=O) groups excluding carboxylic acids is 4. The Bertz CT molecular complexity index is 1300. The number of fused-ring (bicyclic) bond motifs is 3. The molecule has 6 atom stereocenters. The van der Waals surface area contributed by atoms with Crippen molar-refractivity contribution < 1.29 is 49.4 Å². The Morgan fingerprint density at radius 1 is 1.24 bits per heavy atom. The van der Waals surface area contributed by atoms with E-state index in [4.69, 9.17) is 10.5 Å². The number of nitrogens with two attached hydrogens (primary N) is 1. The normalized spacial score (nSPS) is 29.8. The van der Waals surface area contributed by atoms with E-state index in [0.717, 1.165) is 0 Å². The van der Waals surface area contributed by atoms with Gasteiger partial charge < -0.3 is 41.3 Å². The topological polar surface area (TPSA) is 217 Å². The molecule has 1 amide bonds. The van der Waals surface area contributed by atoms with Crippen molar-refractivity contribution in [3.05, 3.63) is 40.2 Å². The Balaban J connectivity index is 1.88. The van der Waals surface area contributed by atoms with Gasteiger partial charge in [0, 0.05) is 23.8 Å². The van der Waals surface area contributed by atoms with Gasteiger partial charge in [-0.15, -0.1) is 0 Å². The van der Waals surface area contributed by atoms with Gasteiger partial charge in [0.25, 0.3) is 5.91 Å². The molecule has 3 aliphatic rings.